The van der Waals surface area contributed by atoms with Crippen molar-refractivity contribution in [2.24, 2.45) is 0 Å². The van der Waals surface area contributed by atoms with Gasteiger partial charge in [-0.05, 0) is 25.1 Å². The van der Waals surface area contributed by atoms with E-state index in [1.807, 2.05) is 25.1 Å². The van der Waals surface area contributed by atoms with Gasteiger partial charge in [-0.2, -0.15) is 4.39 Å². The van der Waals surface area contributed by atoms with E-state index in [2.05, 4.69) is 10.3 Å². The topological polar surface area (TPSA) is 43.4 Å². The molecule has 0 aliphatic rings. The minimum atomic E-state index is -0.494. The number of nitrogens with zero attached hydrogens (tertiary/aromatic N) is 1. The van der Waals surface area contributed by atoms with Gasteiger partial charge in [-0.1, -0.05) is 12.1 Å². The molecule has 0 fully saturated rings. The number of hydrogen-bond donors (Lipinski definition) is 1. The predicted molar refractivity (Wildman–Crippen MR) is 75.7 cm³/mol. The van der Waals surface area contributed by atoms with Crippen LogP contribution in [0.15, 0.2) is 36.5 Å². The van der Waals surface area contributed by atoms with Gasteiger partial charge in [-0.3, -0.25) is 0 Å². The average Bonchev–Trinajstić information content (AvgIpc) is 2.47. The van der Waals surface area contributed by atoms with E-state index in [9.17, 15) is 4.39 Å². The first-order valence-electron chi connectivity index (χ1n) is 6.38. The van der Waals surface area contributed by atoms with E-state index >= 15 is 0 Å². The highest BCUT2D eigenvalue weighted by molar-refractivity contribution is 5.49. The van der Waals surface area contributed by atoms with Crippen molar-refractivity contribution >= 4 is 5.69 Å². The fourth-order valence-electron chi connectivity index (χ4n) is 1.88. The molecule has 1 aromatic heterocycles. The predicted octanol–water partition coefficient (Wildman–Crippen LogP) is 3.24. The molecular formula is C15H17FN2O2. The summed E-state index contributed by atoms with van der Waals surface area (Å²) in [5, 5.41) is 3.17. The van der Waals surface area contributed by atoms with E-state index in [1.54, 1.807) is 13.2 Å². The molecule has 106 valence electrons. The van der Waals surface area contributed by atoms with Crippen LogP contribution in [0.25, 0.3) is 0 Å². The van der Waals surface area contributed by atoms with Crippen LogP contribution in [0, 0.1) is 5.95 Å². The minimum Gasteiger partial charge on any atom is -0.493 e. The molecule has 5 heteroatoms. The van der Waals surface area contributed by atoms with Crippen molar-refractivity contribution in [1.29, 1.82) is 0 Å². The summed E-state index contributed by atoms with van der Waals surface area (Å²) in [4.78, 5) is 3.60. The number of ether oxygens (including phenoxy) is 2. The first-order chi connectivity index (χ1) is 9.74. The molecule has 0 saturated heterocycles. The highest BCUT2D eigenvalue weighted by atomic mass is 19.1. The lowest BCUT2D eigenvalue weighted by Gasteiger charge is -2.14. The first kappa shape index (κ1) is 14.1. The maximum Gasteiger partial charge on any atom is 0.212 e. The number of pyridine rings is 1. The Balaban J connectivity index is 2.12. The zero-order chi connectivity index (χ0) is 14.4. The second kappa shape index (κ2) is 6.75. The summed E-state index contributed by atoms with van der Waals surface area (Å²) in [5.41, 5.74) is 1.71. The lowest BCUT2D eigenvalue weighted by molar-refractivity contribution is 0.309. The molecule has 0 saturated carbocycles. The van der Waals surface area contributed by atoms with Crippen molar-refractivity contribution in [2.75, 3.05) is 19.0 Å². The van der Waals surface area contributed by atoms with E-state index in [-0.39, 0.29) is 0 Å². The lowest BCUT2D eigenvalue weighted by Crippen LogP contribution is -2.04. The van der Waals surface area contributed by atoms with Crippen LogP contribution in [0.3, 0.4) is 0 Å². The number of methoxy groups -OCH3 is 1. The van der Waals surface area contributed by atoms with Gasteiger partial charge in [0, 0.05) is 12.1 Å². The van der Waals surface area contributed by atoms with Gasteiger partial charge in [0.05, 0.1) is 25.6 Å². The highest BCUT2D eigenvalue weighted by Gasteiger charge is 2.09. The number of halogens is 1. The number of hydrogen-bond acceptors (Lipinski definition) is 4. The Kier molecular flexibility index (Phi) is 4.76. The molecule has 0 aliphatic heterocycles. The van der Waals surface area contributed by atoms with Gasteiger partial charge in [0.15, 0.2) is 11.5 Å². The number of rotatable bonds is 6. The minimum absolute atomic E-state index is 0.494. The maximum absolute atomic E-state index is 12.7. The number of nitrogens with one attached hydrogen (secondary N) is 1. The maximum atomic E-state index is 12.7. The van der Waals surface area contributed by atoms with Gasteiger partial charge in [0.25, 0.3) is 0 Å². The summed E-state index contributed by atoms with van der Waals surface area (Å²) in [6, 6.07) is 8.68. The summed E-state index contributed by atoms with van der Waals surface area (Å²) >= 11 is 0. The molecule has 0 radical (unpaired) electrons. The van der Waals surface area contributed by atoms with E-state index in [4.69, 9.17) is 9.47 Å². The Morgan fingerprint density at radius 3 is 2.75 bits per heavy atom. The van der Waals surface area contributed by atoms with Crippen molar-refractivity contribution in [3.63, 3.8) is 0 Å². The molecule has 0 unspecified atom stereocenters. The second-order valence-corrected chi connectivity index (χ2v) is 4.10. The van der Waals surface area contributed by atoms with Crippen molar-refractivity contribution in [1.82, 2.24) is 4.98 Å². The van der Waals surface area contributed by atoms with Crippen LogP contribution in [0.1, 0.15) is 12.5 Å². The summed E-state index contributed by atoms with van der Waals surface area (Å²) in [5.74, 6) is 0.926. The molecule has 1 N–H and O–H groups in total. The van der Waals surface area contributed by atoms with Gasteiger partial charge in [0.2, 0.25) is 5.95 Å². The molecule has 2 rings (SSSR count). The number of benzene rings is 1. The summed E-state index contributed by atoms with van der Waals surface area (Å²) < 4.78 is 23.6. The third-order valence-corrected chi connectivity index (χ3v) is 2.77. The van der Waals surface area contributed by atoms with Crippen LogP contribution >= 0.6 is 0 Å². The van der Waals surface area contributed by atoms with Crippen LogP contribution in [0.4, 0.5) is 10.1 Å². The molecular weight excluding hydrogens is 259 g/mol. The standard InChI is InChI=1S/C15H17FN2O2/c1-3-20-13-6-4-5-11(15(13)19-2)9-17-12-7-8-14(16)18-10-12/h4-8,10,17H,3,9H2,1-2H3. The molecule has 1 aromatic carbocycles. The van der Waals surface area contributed by atoms with E-state index < -0.39 is 5.95 Å². The van der Waals surface area contributed by atoms with E-state index in [0.717, 1.165) is 11.3 Å². The number of anilines is 1. The van der Waals surface area contributed by atoms with Gasteiger partial charge in [-0.15, -0.1) is 0 Å². The quantitative estimate of drug-likeness (QED) is 0.823. The van der Waals surface area contributed by atoms with E-state index in [0.29, 0.717) is 24.7 Å². The summed E-state index contributed by atoms with van der Waals surface area (Å²) in [7, 11) is 1.61. The zero-order valence-corrected chi connectivity index (χ0v) is 11.5. The largest absolute Gasteiger partial charge is 0.493 e. The normalized spacial score (nSPS) is 10.2. The Labute approximate surface area is 117 Å². The van der Waals surface area contributed by atoms with Gasteiger partial charge >= 0.3 is 0 Å². The third-order valence-electron chi connectivity index (χ3n) is 2.77. The van der Waals surface area contributed by atoms with Crippen LogP contribution in [0.2, 0.25) is 0 Å². The van der Waals surface area contributed by atoms with Crippen LogP contribution in [0.5, 0.6) is 11.5 Å². The Hall–Kier alpha value is -2.30. The number of para-hydroxylation sites is 1. The molecule has 4 nitrogen and oxygen atoms in total. The lowest BCUT2D eigenvalue weighted by atomic mass is 10.2. The zero-order valence-electron chi connectivity index (χ0n) is 11.5. The highest BCUT2D eigenvalue weighted by Crippen LogP contribution is 2.31. The Morgan fingerprint density at radius 2 is 2.10 bits per heavy atom. The Bertz CT molecular complexity index is 558. The average molecular weight is 276 g/mol. The fraction of sp³-hybridized carbons (Fsp3) is 0.267. The van der Waals surface area contributed by atoms with Gasteiger partial charge in [0.1, 0.15) is 0 Å². The molecule has 0 bridgehead atoms. The molecule has 0 atom stereocenters. The van der Waals surface area contributed by atoms with Crippen molar-refractivity contribution in [3.8, 4) is 11.5 Å². The van der Waals surface area contributed by atoms with Crippen LogP contribution in [-0.2, 0) is 6.54 Å². The summed E-state index contributed by atoms with van der Waals surface area (Å²) in [6.45, 7) is 3.04. The molecule has 1 heterocycles. The van der Waals surface area contributed by atoms with Gasteiger partial charge < -0.3 is 14.8 Å². The van der Waals surface area contributed by atoms with Crippen molar-refractivity contribution in [2.45, 2.75) is 13.5 Å². The molecule has 2 aromatic rings. The molecule has 0 aliphatic carbocycles. The van der Waals surface area contributed by atoms with Gasteiger partial charge in [-0.25, -0.2) is 4.98 Å². The monoisotopic (exact) mass is 276 g/mol. The number of aromatic nitrogens is 1. The van der Waals surface area contributed by atoms with Crippen molar-refractivity contribution in [3.05, 3.63) is 48.0 Å². The fourth-order valence-corrected chi connectivity index (χ4v) is 1.88. The van der Waals surface area contributed by atoms with E-state index in [1.165, 1.54) is 12.3 Å². The van der Waals surface area contributed by atoms with Crippen molar-refractivity contribution < 1.29 is 13.9 Å². The third kappa shape index (κ3) is 3.38. The molecule has 0 spiro atoms. The second-order valence-electron chi connectivity index (χ2n) is 4.10. The Morgan fingerprint density at radius 1 is 1.25 bits per heavy atom. The molecule has 0 amide bonds. The summed E-state index contributed by atoms with van der Waals surface area (Å²) in [6.07, 6.45) is 1.45. The molecule has 20 heavy (non-hydrogen) atoms. The van der Waals surface area contributed by atoms with Crippen LogP contribution < -0.4 is 14.8 Å². The van der Waals surface area contributed by atoms with Crippen LogP contribution in [-0.4, -0.2) is 18.7 Å². The SMILES string of the molecule is CCOc1cccc(CNc2ccc(F)nc2)c1OC. The smallest absolute Gasteiger partial charge is 0.212 e. The first-order valence-corrected chi connectivity index (χ1v) is 6.38.